The van der Waals surface area contributed by atoms with E-state index in [2.05, 4.69) is 15.4 Å². The minimum atomic E-state index is -3.06. The first-order valence-electron chi connectivity index (χ1n) is 7.71. The molecule has 2 rings (SSSR count). The number of rotatable bonds is 8. The van der Waals surface area contributed by atoms with Crippen LogP contribution in [0.3, 0.4) is 0 Å². The summed E-state index contributed by atoms with van der Waals surface area (Å²) >= 11 is 0. The standard InChI is InChI=1S/C17H16F2N2O6/c1-10(20-15(23)13-7-4-8-25-13)16(24)26-9-14(22)21-11-5-2-3-6-12(11)27-17(18)19/h2-8,10,17H,9H2,1H3,(H,20,23)(H,21,22)/t10-/m0/s1. The van der Waals surface area contributed by atoms with Crippen molar-refractivity contribution in [2.24, 2.45) is 0 Å². The van der Waals surface area contributed by atoms with Crippen molar-refractivity contribution in [3.05, 3.63) is 48.4 Å². The molecular weight excluding hydrogens is 366 g/mol. The number of esters is 1. The van der Waals surface area contributed by atoms with Crippen LogP contribution < -0.4 is 15.4 Å². The molecule has 0 saturated heterocycles. The van der Waals surface area contributed by atoms with Gasteiger partial charge < -0.3 is 24.5 Å². The third-order valence-electron chi connectivity index (χ3n) is 3.17. The summed E-state index contributed by atoms with van der Waals surface area (Å²) in [6, 6.07) is 7.45. The Morgan fingerprint density at radius 3 is 2.56 bits per heavy atom. The normalized spacial score (nSPS) is 11.6. The Kier molecular flexibility index (Phi) is 6.86. The van der Waals surface area contributed by atoms with Gasteiger partial charge in [-0.25, -0.2) is 4.79 Å². The lowest BCUT2D eigenvalue weighted by atomic mass is 10.3. The average molecular weight is 382 g/mol. The number of carbonyl (C=O) groups excluding carboxylic acids is 3. The van der Waals surface area contributed by atoms with E-state index in [0.29, 0.717) is 0 Å². The number of furan rings is 1. The number of anilines is 1. The molecule has 10 heteroatoms. The average Bonchev–Trinajstić information content (AvgIpc) is 3.15. The van der Waals surface area contributed by atoms with Gasteiger partial charge in [-0.05, 0) is 31.2 Å². The van der Waals surface area contributed by atoms with E-state index in [0.717, 1.165) is 0 Å². The monoisotopic (exact) mass is 382 g/mol. The number of hydrogen-bond donors (Lipinski definition) is 2. The molecular formula is C17H16F2N2O6. The third kappa shape index (κ3) is 6.10. The van der Waals surface area contributed by atoms with Crippen LogP contribution in [0.15, 0.2) is 47.1 Å². The van der Waals surface area contributed by atoms with E-state index in [-0.39, 0.29) is 17.2 Å². The number of ether oxygens (including phenoxy) is 2. The second-order valence-corrected chi connectivity index (χ2v) is 5.20. The first-order valence-corrected chi connectivity index (χ1v) is 7.71. The molecule has 0 radical (unpaired) electrons. The lowest BCUT2D eigenvalue weighted by Gasteiger charge is -2.14. The Morgan fingerprint density at radius 2 is 1.89 bits per heavy atom. The molecule has 2 amide bonds. The summed E-state index contributed by atoms with van der Waals surface area (Å²) in [6.45, 7) is -2.37. The van der Waals surface area contributed by atoms with Gasteiger partial charge in [-0.3, -0.25) is 9.59 Å². The van der Waals surface area contributed by atoms with E-state index in [4.69, 9.17) is 9.15 Å². The van der Waals surface area contributed by atoms with Gasteiger partial charge in [-0.1, -0.05) is 12.1 Å². The van der Waals surface area contributed by atoms with Gasteiger partial charge in [0.05, 0.1) is 12.0 Å². The molecule has 1 atom stereocenters. The minimum Gasteiger partial charge on any atom is -0.459 e. The van der Waals surface area contributed by atoms with Gasteiger partial charge in [-0.15, -0.1) is 0 Å². The molecule has 1 aromatic heterocycles. The van der Waals surface area contributed by atoms with Crippen LogP contribution in [0, 0.1) is 0 Å². The molecule has 1 heterocycles. The summed E-state index contributed by atoms with van der Waals surface area (Å²) < 4.78 is 38.6. The van der Waals surface area contributed by atoms with Crippen LogP contribution in [0.4, 0.5) is 14.5 Å². The Hall–Kier alpha value is -3.43. The first-order chi connectivity index (χ1) is 12.9. The number of halogens is 2. The molecule has 0 fully saturated rings. The molecule has 2 N–H and O–H groups in total. The molecule has 0 aliphatic heterocycles. The highest BCUT2D eigenvalue weighted by molar-refractivity contribution is 5.96. The zero-order valence-corrected chi connectivity index (χ0v) is 14.1. The van der Waals surface area contributed by atoms with Crippen molar-refractivity contribution in [2.45, 2.75) is 19.6 Å². The zero-order chi connectivity index (χ0) is 19.8. The second-order valence-electron chi connectivity index (χ2n) is 5.20. The van der Waals surface area contributed by atoms with Crippen molar-refractivity contribution in [1.82, 2.24) is 5.32 Å². The van der Waals surface area contributed by atoms with Gasteiger partial charge in [0.25, 0.3) is 11.8 Å². The van der Waals surface area contributed by atoms with Crippen molar-refractivity contribution in [2.75, 3.05) is 11.9 Å². The molecule has 1 aromatic carbocycles. The fraction of sp³-hybridized carbons (Fsp3) is 0.235. The quantitative estimate of drug-likeness (QED) is 0.678. The Balaban J connectivity index is 1.83. The molecule has 144 valence electrons. The smallest absolute Gasteiger partial charge is 0.387 e. The minimum absolute atomic E-state index is 0.00183. The number of para-hydroxylation sites is 2. The largest absolute Gasteiger partial charge is 0.459 e. The van der Waals surface area contributed by atoms with Crippen molar-refractivity contribution in [3.8, 4) is 5.75 Å². The van der Waals surface area contributed by atoms with Crippen LogP contribution in [0.2, 0.25) is 0 Å². The lowest BCUT2D eigenvalue weighted by molar-refractivity contribution is -0.148. The highest BCUT2D eigenvalue weighted by atomic mass is 19.3. The number of alkyl halides is 2. The van der Waals surface area contributed by atoms with E-state index >= 15 is 0 Å². The predicted octanol–water partition coefficient (Wildman–Crippen LogP) is 2.18. The number of benzene rings is 1. The molecule has 0 aliphatic rings. The van der Waals surface area contributed by atoms with Crippen LogP contribution in [-0.4, -0.2) is 37.0 Å². The first kappa shape index (κ1) is 19.9. The van der Waals surface area contributed by atoms with E-state index in [1.807, 2.05) is 0 Å². The molecule has 2 aromatic rings. The molecule has 0 spiro atoms. The van der Waals surface area contributed by atoms with Gasteiger partial charge in [0.1, 0.15) is 11.8 Å². The number of carbonyl (C=O) groups is 3. The molecule has 0 bridgehead atoms. The van der Waals surface area contributed by atoms with Crippen LogP contribution in [0.5, 0.6) is 5.75 Å². The molecule has 27 heavy (non-hydrogen) atoms. The summed E-state index contributed by atoms with van der Waals surface area (Å²) in [5, 5.41) is 4.64. The van der Waals surface area contributed by atoms with E-state index in [1.165, 1.54) is 49.6 Å². The van der Waals surface area contributed by atoms with Gasteiger partial charge in [-0.2, -0.15) is 8.78 Å². The molecule has 0 saturated carbocycles. The summed E-state index contributed by atoms with van der Waals surface area (Å²) in [7, 11) is 0. The van der Waals surface area contributed by atoms with Crippen LogP contribution in [-0.2, 0) is 14.3 Å². The van der Waals surface area contributed by atoms with Gasteiger partial charge in [0.15, 0.2) is 12.4 Å². The van der Waals surface area contributed by atoms with Crippen LogP contribution in [0.25, 0.3) is 0 Å². The Bertz CT molecular complexity index is 794. The van der Waals surface area contributed by atoms with E-state index < -0.39 is 37.0 Å². The van der Waals surface area contributed by atoms with Crippen molar-refractivity contribution < 1.29 is 37.1 Å². The fourth-order valence-corrected chi connectivity index (χ4v) is 1.95. The maximum Gasteiger partial charge on any atom is 0.387 e. The highest BCUT2D eigenvalue weighted by Crippen LogP contribution is 2.25. The fourth-order valence-electron chi connectivity index (χ4n) is 1.95. The molecule has 0 unspecified atom stereocenters. The van der Waals surface area contributed by atoms with Gasteiger partial charge in [0, 0.05) is 0 Å². The number of amides is 2. The van der Waals surface area contributed by atoms with E-state index in [1.54, 1.807) is 0 Å². The topological polar surface area (TPSA) is 107 Å². The number of hydrogen-bond acceptors (Lipinski definition) is 6. The number of nitrogens with one attached hydrogen (secondary N) is 2. The van der Waals surface area contributed by atoms with Gasteiger partial charge >= 0.3 is 12.6 Å². The predicted molar refractivity (Wildman–Crippen MR) is 88.3 cm³/mol. The van der Waals surface area contributed by atoms with E-state index in [9.17, 15) is 23.2 Å². The summed E-state index contributed by atoms with van der Waals surface area (Å²) in [4.78, 5) is 35.5. The van der Waals surface area contributed by atoms with Crippen molar-refractivity contribution in [1.29, 1.82) is 0 Å². The SMILES string of the molecule is C[C@H](NC(=O)c1ccco1)C(=O)OCC(=O)Nc1ccccc1OC(F)F. The van der Waals surface area contributed by atoms with Crippen LogP contribution >= 0.6 is 0 Å². The Labute approximate surface area is 152 Å². The van der Waals surface area contributed by atoms with Crippen LogP contribution in [0.1, 0.15) is 17.5 Å². The Morgan fingerprint density at radius 1 is 1.15 bits per heavy atom. The zero-order valence-electron chi connectivity index (χ0n) is 14.1. The summed E-state index contributed by atoms with van der Waals surface area (Å²) in [5.41, 5.74) is -0.00183. The van der Waals surface area contributed by atoms with Crippen molar-refractivity contribution in [3.63, 3.8) is 0 Å². The maximum absolute atomic E-state index is 12.3. The lowest BCUT2D eigenvalue weighted by Crippen LogP contribution is -2.40. The van der Waals surface area contributed by atoms with Crippen molar-refractivity contribution >= 4 is 23.5 Å². The molecule has 8 nitrogen and oxygen atoms in total. The molecule has 0 aliphatic carbocycles. The second kappa shape index (κ2) is 9.32. The summed E-state index contributed by atoms with van der Waals surface area (Å²) in [5.74, 6) is -2.46. The maximum atomic E-state index is 12.3. The third-order valence-corrected chi connectivity index (χ3v) is 3.17. The van der Waals surface area contributed by atoms with Gasteiger partial charge in [0.2, 0.25) is 0 Å². The highest BCUT2D eigenvalue weighted by Gasteiger charge is 2.20. The summed E-state index contributed by atoms with van der Waals surface area (Å²) in [6.07, 6.45) is 1.30.